The second kappa shape index (κ2) is 8.09. The zero-order valence-electron chi connectivity index (χ0n) is 18.4. The standard InChI is InChI=1S/C28H25N3O/c1-3-19-14-25(15-19)31-17-24(16-29)26-12-13-27(30-28(26)31)23-10-8-22(9-11-23)21-6-4-20(5-7-21)18(2)32/h4-13,17,19,25H,3,14-15H2,1-2H3. The molecule has 4 heteroatoms. The summed E-state index contributed by atoms with van der Waals surface area (Å²) < 4.78 is 2.22. The van der Waals surface area contributed by atoms with E-state index in [4.69, 9.17) is 4.98 Å². The Balaban J connectivity index is 1.47. The van der Waals surface area contributed by atoms with Crippen molar-refractivity contribution in [3.63, 3.8) is 0 Å². The van der Waals surface area contributed by atoms with Gasteiger partial charge in [-0.3, -0.25) is 4.79 Å². The number of pyridine rings is 1. The Morgan fingerprint density at radius 3 is 2.22 bits per heavy atom. The second-order valence-electron chi connectivity index (χ2n) is 8.74. The molecule has 0 atom stereocenters. The molecule has 0 spiro atoms. The Labute approximate surface area is 188 Å². The van der Waals surface area contributed by atoms with Gasteiger partial charge in [0.15, 0.2) is 5.78 Å². The fourth-order valence-electron chi connectivity index (χ4n) is 4.65. The minimum absolute atomic E-state index is 0.0739. The van der Waals surface area contributed by atoms with E-state index in [-0.39, 0.29) is 5.78 Å². The SMILES string of the molecule is CCC1CC(n2cc(C#N)c3ccc(-c4ccc(-c5ccc(C(C)=O)cc5)cc4)nc32)C1. The van der Waals surface area contributed by atoms with Gasteiger partial charge in [-0.25, -0.2) is 4.98 Å². The summed E-state index contributed by atoms with van der Waals surface area (Å²) >= 11 is 0. The molecule has 0 bridgehead atoms. The van der Waals surface area contributed by atoms with Crippen molar-refractivity contribution in [3.8, 4) is 28.5 Å². The summed E-state index contributed by atoms with van der Waals surface area (Å²) in [5.41, 5.74) is 6.45. The number of hydrogen-bond donors (Lipinski definition) is 0. The number of nitrogens with zero attached hydrogens (tertiary/aromatic N) is 3. The number of ketones is 1. The summed E-state index contributed by atoms with van der Waals surface area (Å²) in [6.07, 6.45) is 5.51. The maximum atomic E-state index is 11.5. The summed E-state index contributed by atoms with van der Waals surface area (Å²) in [6.45, 7) is 3.82. The van der Waals surface area contributed by atoms with E-state index in [1.54, 1.807) is 6.92 Å². The van der Waals surface area contributed by atoms with E-state index in [1.165, 1.54) is 6.42 Å². The van der Waals surface area contributed by atoms with Crippen molar-refractivity contribution >= 4 is 16.8 Å². The van der Waals surface area contributed by atoms with E-state index in [0.717, 1.165) is 57.7 Å². The Hall–Kier alpha value is -3.71. The summed E-state index contributed by atoms with van der Waals surface area (Å²) in [5.74, 6) is 0.855. The third-order valence-electron chi connectivity index (χ3n) is 6.79. The van der Waals surface area contributed by atoms with Crippen LogP contribution in [0, 0.1) is 17.2 Å². The molecular weight excluding hydrogens is 394 g/mol. The molecule has 0 unspecified atom stereocenters. The number of rotatable bonds is 5. The van der Waals surface area contributed by atoms with Crippen LogP contribution >= 0.6 is 0 Å². The number of nitriles is 1. The van der Waals surface area contributed by atoms with Crippen LogP contribution in [0.15, 0.2) is 66.9 Å². The predicted octanol–water partition coefficient (Wildman–Crippen LogP) is 6.81. The first kappa shape index (κ1) is 20.2. The summed E-state index contributed by atoms with van der Waals surface area (Å²) in [5, 5.41) is 10.5. The fourth-order valence-corrected chi connectivity index (χ4v) is 4.65. The van der Waals surface area contributed by atoms with E-state index >= 15 is 0 Å². The van der Waals surface area contributed by atoms with E-state index in [2.05, 4.69) is 41.8 Å². The smallest absolute Gasteiger partial charge is 0.159 e. The average Bonchev–Trinajstić information content (AvgIpc) is 3.16. The molecule has 4 nitrogen and oxygen atoms in total. The number of carbonyl (C=O) groups excluding carboxylic acids is 1. The van der Waals surface area contributed by atoms with E-state index < -0.39 is 0 Å². The lowest BCUT2D eigenvalue weighted by molar-refractivity contribution is 0.101. The van der Waals surface area contributed by atoms with Gasteiger partial charge in [-0.1, -0.05) is 61.9 Å². The van der Waals surface area contributed by atoms with Crippen LogP contribution in [-0.2, 0) is 0 Å². The topological polar surface area (TPSA) is 58.7 Å². The molecule has 0 saturated heterocycles. The summed E-state index contributed by atoms with van der Waals surface area (Å²) in [7, 11) is 0. The van der Waals surface area contributed by atoms with Gasteiger partial charge in [-0.15, -0.1) is 0 Å². The molecule has 2 aromatic carbocycles. The van der Waals surface area contributed by atoms with Crippen LogP contribution in [0.2, 0.25) is 0 Å². The van der Waals surface area contributed by atoms with Gasteiger partial charge in [0.1, 0.15) is 11.7 Å². The zero-order chi connectivity index (χ0) is 22.2. The minimum Gasteiger partial charge on any atom is -0.328 e. The van der Waals surface area contributed by atoms with Gasteiger partial charge >= 0.3 is 0 Å². The lowest BCUT2D eigenvalue weighted by atomic mass is 9.78. The first-order chi connectivity index (χ1) is 15.6. The summed E-state index contributed by atoms with van der Waals surface area (Å²) in [6, 6.07) is 22.8. The minimum atomic E-state index is 0.0739. The van der Waals surface area contributed by atoms with E-state index in [1.807, 2.05) is 42.6 Å². The third kappa shape index (κ3) is 3.50. The van der Waals surface area contributed by atoms with Gasteiger partial charge < -0.3 is 4.57 Å². The molecule has 1 saturated carbocycles. The van der Waals surface area contributed by atoms with Gasteiger partial charge in [0, 0.05) is 28.8 Å². The number of Topliss-reactive ketones (excluding diaryl/α,β-unsaturated/α-hetero) is 1. The lowest BCUT2D eigenvalue weighted by Crippen LogP contribution is -2.25. The van der Waals surface area contributed by atoms with Crippen molar-refractivity contribution in [1.29, 1.82) is 5.26 Å². The Morgan fingerprint density at radius 1 is 1.00 bits per heavy atom. The van der Waals surface area contributed by atoms with Crippen molar-refractivity contribution in [2.75, 3.05) is 0 Å². The fraction of sp³-hybridized carbons (Fsp3) is 0.250. The first-order valence-electron chi connectivity index (χ1n) is 11.2. The molecule has 0 radical (unpaired) electrons. The highest BCUT2D eigenvalue weighted by molar-refractivity contribution is 5.94. The van der Waals surface area contributed by atoms with Crippen molar-refractivity contribution in [2.24, 2.45) is 5.92 Å². The zero-order valence-corrected chi connectivity index (χ0v) is 18.4. The van der Waals surface area contributed by atoms with Crippen LogP contribution in [0.4, 0.5) is 0 Å². The van der Waals surface area contributed by atoms with Crippen molar-refractivity contribution in [3.05, 3.63) is 78.0 Å². The molecule has 0 aliphatic heterocycles. The molecule has 4 aromatic rings. The van der Waals surface area contributed by atoms with E-state index in [9.17, 15) is 10.1 Å². The predicted molar refractivity (Wildman–Crippen MR) is 127 cm³/mol. The highest BCUT2D eigenvalue weighted by Crippen LogP contribution is 2.42. The molecule has 2 aromatic heterocycles. The number of fused-ring (bicyclic) bond motifs is 1. The van der Waals surface area contributed by atoms with Crippen LogP contribution in [-0.4, -0.2) is 15.3 Å². The van der Waals surface area contributed by atoms with Gasteiger partial charge in [0.05, 0.1) is 11.3 Å². The lowest BCUT2D eigenvalue weighted by Gasteiger charge is -2.36. The highest BCUT2D eigenvalue weighted by Gasteiger charge is 2.30. The molecule has 158 valence electrons. The van der Waals surface area contributed by atoms with Crippen molar-refractivity contribution < 1.29 is 4.79 Å². The van der Waals surface area contributed by atoms with Crippen LogP contribution in [0.1, 0.15) is 55.1 Å². The second-order valence-corrected chi connectivity index (χ2v) is 8.74. The monoisotopic (exact) mass is 419 g/mol. The summed E-state index contributed by atoms with van der Waals surface area (Å²) in [4.78, 5) is 16.5. The maximum Gasteiger partial charge on any atom is 0.159 e. The quantitative estimate of drug-likeness (QED) is 0.334. The van der Waals surface area contributed by atoms with Gasteiger partial charge in [0.2, 0.25) is 0 Å². The first-order valence-corrected chi connectivity index (χ1v) is 11.2. The van der Waals surface area contributed by atoms with Gasteiger partial charge in [0.25, 0.3) is 0 Å². The molecule has 5 rings (SSSR count). The van der Waals surface area contributed by atoms with Crippen molar-refractivity contribution in [2.45, 2.75) is 39.2 Å². The molecule has 2 heterocycles. The molecule has 1 fully saturated rings. The van der Waals surface area contributed by atoms with Crippen LogP contribution in [0.5, 0.6) is 0 Å². The molecule has 32 heavy (non-hydrogen) atoms. The Morgan fingerprint density at radius 2 is 1.62 bits per heavy atom. The maximum absolute atomic E-state index is 11.5. The Kier molecular flexibility index (Phi) is 5.11. The molecule has 0 amide bonds. The van der Waals surface area contributed by atoms with Gasteiger partial charge in [-0.05, 0) is 48.9 Å². The van der Waals surface area contributed by atoms with E-state index in [0.29, 0.717) is 11.6 Å². The highest BCUT2D eigenvalue weighted by atomic mass is 16.1. The van der Waals surface area contributed by atoms with Crippen molar-refractivity contribution in [1.82, 2.24) is 9.55 Å². The number of aromatic nitrogens is 2. The molecular formula is C28H25N3O. The van der Waals surface area contributed by atoms with Crippen LogP contribution in [0.25, 0.3) is 33.4 Å². The van der Waals surface area contributed by atoms with Crippen LogP contribution < -0.4 is 0 Å². The number of benzene rings is 2. The Bertz CT molecular complexity index is 1330. The van der Waals surface area contributed by atoms with Gasteiger partial charge in [-0.2, -0.15) is 5.26 Å². The third-order valence-corrected chi connectivity index (χ3v) is 6.79. The molecule has 0 N–H and O–H groups in total. The molecule has 1 aliphatic carbocycles. The largest absolute Gasteiger partial charge is 0.328 e. The normalized spacial score (nSPS) is 17.7. The van der Waals surface area contributed by atoms with Crippen LogP contribution in [0.3, 0.4) is 0 Å². The average molecular weight is 420 g/mol. The molecule has 1 aliphatic rings. The number of hydrogen-bond acceptors (Lipinski definition) is 3. The number of carbonyl (C=O) groups is 1.